The molecule has 0 spiro atoms. The molecule has 2 aromatic carbocycles. The summed E-state index contributed by atoms with van der Waals surface area (Å²) in [5, 5.41) is 5.66. The second-order valence-corrected chi connectivity index (χ2v) is 7.71. The summed E-state index contributed by atoms with van der Waals surface area (Å²) in [6.45, 7) is 4.19. The molecule has 0 atom stereocenters. The molecule has 0 bridgehead atoms. The Morgan fingerprint density at radius 1 is 1.12 bits per heavy atom. The van der Waals surface area contributed by atoms with Crippen LogP contribution in [-0.2, 0) is 14.8 Å². The molecule has 0 aromatic heterocycles. The molecular weight excluding hydrogens is 338 g/mol. The minimum atomic E-state index is -3.78. The molecule has 0 fully saturated rings. The number of anilines is 2. The number of benzene rings is 2. The first-order chi connectivity index (χ1) is 11.8. The van der Waals surface area contributed by atoms with Crippen LogP contribution in [0.1, 0.15) is 31.7 Å². The van der Waals surface area contributed by atoms with Gasteiger partial charge in [0.15, 0.2) is 0 Å². The van der Waals surface area contributed by atoms with E-state index in [-0.39, 0.29) is 23.1 Å². The van der Waals surface area contributed by atoms with Gasteiger partial charge in [-0.3, -0.25) is 4.79 Å². The van der Waals surface area contributed by atoms with Crippen molar-refractivity contribution in [2.45, 2.75) is 31.1 Å². The van der Waals surface area contributed by atoms with E-state index in [4.69, 9.17) is 0 Å². The molecule has 0 saturated heterocycles. The summed E-state index contributed by atoms with van der Waals surface area (Å²) < 4.78 is 28.0. The summed E-state index contributed by atoms with van der Waals surface area (Å²) in [7, 11) is -3.78. The quantitative estimate of drug-likeness (QED) is 0.878. The van der Waals surface area contributed by atoms with E-state index in [1.165, 1.54) is 11.6 Å². The summed E-state index contributed by atoms with van der Waals surface area (Å²) in [6, 6.07) is 14.0. The van der Waals surface area contributed by atoms with Gasteiger partial charge in [0.05, 0.1) is 12.1 Å². The fraction of sp³-hybridized carbons (Fsp3) is 0.222. The zero-order valence-corrected chi connectivity index (χ0v) is 14.8. The first-order valence-electron chi connectivity index (χ1n) is 7.95. The van der Waals surface area contributed by atoms with Gasteiger partial charge in [-0.05, 0) is 35.7 Å². The van der Waals surface area contributed by atoms with Crippen LogP contribution in [0, 0.1) is 0 Å². The van der Waals surface area contributed by atoms with Gasteiger partial charge < -0.3 is 10.6 Å². The zero-order valence-electron chi connectivity index (χ0n) is 14.0. The van der Waals surface area contributed by atoms with Gasteiger partial charge in [0.1, 0.15) is 10.7 Å². The number of amides is 1. The molecule has 3 rings (SSSR count). The highest BCUT2D eigenvalue weighted by atomic mass is 32.2. The van der Waals surface area contributed by atoms with Gasteiger partial charge in [-0.15, -0.1) is 4.40 Å². The van der Waals surface area contributed by atoms with Gasteiger partial charge >= 0.3 is 0 Å². The maximum Gasteiger partial charge on any atom is 0.286 e. The van der Waals surface area contributed by atoms with Crippen molar-refractivity contribution < 1.29 is 13.2 Å². The van der Waals surface area contributed by atoms with Crippen molar-refractivity contribution >= 4 is 33.1 Å². The number of rotatable bonds is 4. The van der Waals surface area contributed by atoms with Crippen LogP contribution in [0.15, 0.2) is 57.8 Å². The van der Waals surface area contributed by atoms with Gasteiger partial charge in [0.2, 0.25) is 5.91 Å². The maximum atomic E-state index is 12.2. The van der Waals surface area contributed by atoms with Crippen LogP contribution in [0.5, 0.6) is 0 Å². The van der Waals surface area contributed by atoms with E-state index in [0.29, 0.717) is 17.3 Å². The molecule has 0 aliphatic carbocycles. The van der Waals surface area contributed by atoms with E-state index < -0.39 is 10.0 Å². The van der Waals surface area contributed by atoms with Gasteiger partial charge in [0, 0.05) is 5.69 Å². The first kappa shape index (κ1) is 17.2. The molecule has 0 radical (unpaired) electrons. The molecule has 130 valence electrons. The van der Waals surface area contributed by atoms with Crippen LogP contribution in [0.4, 0.5) is 11.4 Å². The van der Waals surface area contributed by atoms with Crippen LogP contribution < -0.4 is 10.6 Å². The van der Waals surface area contributed by atoms with Gasteiger partial charge in [-0.2, -0.15) is 8.42 Å². The number of nitrogens with one attached hydrogen (secondary N) is 2. The molecular formula is C18H19N3O3S. The largest absolute Gasteiger partial charge is 0.341 e. The molecule has 1 aliphatic heterocycles. The van der Waals surface area contributed by atoms with Gasteiger partial charge in [0.25, 0.3) is 10.0 Å². The zero-order chi connectivity index (χ0) is 18.0. The number of nitrogens with zero attached hydrogens (tertiary/aromatic N) is 1. The molecule has 0 unspecified atom stereocenters. The molecule has 6 nitrogen and oxygen atoms in total. The number of amidine groups is 1. The number of fused-ring (bicyclic) bond motifs is 1. The van der Waals surface area contributed by atoms with Crippen molar-refractivity contribution in [3.63, 3.8) is 0 Å². The van der Waals surface area contributed by atoms with Crippen LogP contribution >= 0.6 is 0 Å². The van der Waals surface area contributed by atoms with E-state index >= 15 is 0 Å². The molecule has 1 heterocycles. The molecule has 2 aromatic rings. The molecule has 1 amide bonds. The predicted molar refractivity (Wildman–Crippen MR) is 98.5 cm³/mol. The molecule has 1 aliphatic rings. The standard InChI is InChI=1S/C18H19N3O3S/c1-12(2)13-7-9-14(10-8-13)19-18(22)11-17-20-15-5-3-4-6-16(15)25(23,24)21-17/h3-10,12H,11H2,1-2H3,(H,19,22)(H,20,21). The van der Waals surface area contributed by atoms with Crippen molar-refractivity contribution in [1.29, 1.82) is 0 Å². The second kappa shape index (κ2) is 6.68. The van der Waals surface area contributed by atoms with Crippen LogP contribution in [0.3, 0.4) is 0 Å². The minimum absolute atomic E-state index is 0.106. The number of sulfonamides is 1. The average molecular weight is 357 g/mol. The lowest BCUT2D eigenvalue weighted by molar-refractivity contribution is -0.115. The van der Waals surface area contributed by atoms with E-state index in [9.17, 15) is 13.2 Å². The summed E-state index contributed by atoms with van der Waals surface area (Å²) in [5.74, 6) is 0.184. The van der Waals surface area contributed by atoms with Crippen molar-refractivity contribution in [2.24, 2.45) is 4.40 Å². The number of carbonyl (C=O) groups excluding carboxylic acids is 1. The Labute approximate surface area is 147 Å². The maximum absolute atomic E-state index is 12.2. The third kappa shape index (κ3) is 3.88. The first-order valence-corrected chi connectivity index (χ1v) is 9.39. The fourth-order valence-electron chi connectivity index (χ4n) is 2.55. The van der Waals surface area contributed by atoms with Crippen molar-refractivity contribution in [3.05, 3.63) is 54.1 Å². The lowest BCUT2D eigenvalue weighted by Gasteiger charge is -2.17. The molecule has 25 heavy (non-hydrogen) atoms. The van der Waals surface area contributed by atoms with Crippen LogP contribution in [-0.4, -0.2) is 20.2 Å². The predicted octanol–water partition coefficient (Wildman–Crippen LogP) is 3.35. The highest BCUT2D eigenvalue weighted by Gasteiger charge is 2.25. The van der Waals surface area contributed by atoms with Gasteiger partial charge in [-0.25, -0.2) is 0 Å². The summed E-state index contributed by atoms with van der Waals surface area (Å²) in [6.07, 6.45) is -0.153. The third-order valence-corrected chi connectivity index (χ3v) is 5.24. The smallest absolute Gasteiger partial charge is 0.286 e. The van der Waals surface area contributed by atoms with Crippen molar-refractivity contribution in [3.8, 4) is 0 Å². The molecule has 2 N–H and O–H groups in total. The number of hydrogen-bond donors (Lipinski definition) is 2. The molecule has 0 saturated carbocycles. The summed E-state index contributed by atoms with van der Waals surface area (Å²) >= 11 is 0. The van der Waals surface area contributed by atoms with E-state index in [2.05, 4.69) is 28.9 Å². The SMILES string of the molecule is CC(C)c1ccc(NC(=O)CC2=NS(=O)(=O)c3ccccc3N2)cc1. The van der Waals surface area contributed by atoms with Crippen molar-refractivity contribution in [1.82, 2.24) is 0 Å². The monoisotopic (exact) mass is 357 g/mol. The average Bonchev–Trinajstić information content (AvgIpc) is 2.54. The Kier molecular flexibility index (Phi) is 4.59. The lowest BCUT2D eigenvalue weighted by Crippen LogP contribution is -2.26. The highest BCUT2D eigenvalue weighted by Crippen LogP contribution is 2.27. The summed E-state index contributed by atoms with van der Waals surface area (Å²) in [4.78, 5) is 12.3. The second-order valence-electron chi connectivity index (χ2n) is 6.14. The fourth-order valence-corrected chi connectivity index (χ4v) is 3.70. The highest BCUT2D eigenvalue weighted by molar-refractivity contribution is 7.90. The number of hydrogen-bond acceptors (Lipinski definition) is 4. The summed E-state index contributed by atoms with van der Waals surface area (Å²) in [5.41, 5.74) is 2.27. The normalized spacial score (nSPS) is 15.1. The third-order valence-electron chi connectivity index (χ3n) is 3.86. The van der Waals surface area contributed by atoms with E-state index in [0.717, 1.165) is 0 Å². The molecule has 7 heteroatoms. The Morgan fingerprint density at radius 3 is 2.48 bits per heavy atom. The number of para-hydroxylation sites is 1. The van der Waals surface area contributed by atoms with E-state index in [1.807, 2.05) is 24.3 Å². The Balaban J connectivity index is 1.70. The Hall–Kier alpha value is -2.67. The van der Waals surface area contributed by atoms with Gasteiger partial charge in [-0.1, -0.05) is 38.1 Å². The van der Waals surface area contributed by atoms with Crippen molar-refractivity contribution in [2.75, 3.05) is 10.6 Å². The van der Waals surface area contributed by atoms with E-state index in [1.54, 1.807) is 18.2 Å². The topological polar surface area (TPSA) is 87.6 Å². The Bertz CT molecular complexity index is 932. The Morgan fingerprint density at radius 2 is 1.80 bits per heavy atom. The lowest BCUT2D eigenvalue weighted by atomic mass is 10.0. The number of carbonyl (C=O) groups is 1. The van der Waals surface area contributed by atoms with Crippen LogP contribution in [0.25, 0.3) is 0 Å². The van der Waals surface area contributed by atoms with Crippen LogP contribution in [0.2, 0.25) is 0 Å². The minimum Gasteiger partial charge on any atom is -0.341 e.